The van der Waals surface area contributed by atoms with Crippen LogP contribution in [0.4, 0.5) is 5.82 Å². The predicted octanol–water partition coefficient (Wildman–Crippen LogP) is 3.34. The summed E-state index contributed by atoms with van der Waals surface area (Å²) < 4.78 is 18.0. The Morgan fingerprint density at radius 2 is 2.00 bits per heavy atom. The van der Waals surface area contributed by atoms with Gasteiger partial charge in [-0.1, -0.05) is 0 Å². The van der Waals surface area contributed by atoms with Crippen LogP contribution in [0.25, 0.3) is 10.9 Å². The molecule has 0 saturated heterocycles. The number of nitrogens with one attached hydrogen (secondary N) is 1. The molecule has 0 fully saturated rings. The molecule has 0 atom stereocenters. The highest BCUT2D eigenvalue weighted by Gasteiger charge is 2.18. The highest BCUT2D eigenvalue weighted by Crippen LogP contribution is 2.33. The topological polar surface area (TPSA) is 74.6 Å². The van der Waals surface area contributed by atoms with Crippen molar-refractivity contribution in [3.63, 3.8) is 0 Å². The number of hydrogen-bond acceptors (Lipinski definition) is 5. The summed E-state index contributed by atoms with van der Waals surface area (Å²) in [5.74, 6) is 2.22. The molecule has 134 valence electrons. The number of carbonyl (C=O) groups excluding carboxylic acids is 1. The van der Waals surface area contributed by atoms with Crippen molar-refractivity contribution in [3.05, 3.63) is 42.0 Å². The molecule has 7 heteroatoms. The minimum Gasteiger partial charge on any atom is -0.491 e. The van der Waals surface area contributed by atoms with Crippen molar-refractivity contribution >= 4 is 22.6 Å². The summed E-state index contributed by atoms with van der Waals surface area (Å²) in [6.45, 7) is 4.13. The van der Waals surface area contributed by atoms with Crippen molar-refractivity contribution in [1.29, 1.82) is 0 Å². The minimum atomic E-state index is -0.259. The lowest BCUT2D eigenvalue weighted by Crippen LogP contribution is -2.12. The summed E-state index contributed by atoms with van der Waals surface area (Å²) in [5, 5.41) is 8.13. The second kappa shape index (κ2) is 6.25. The Balaban J connectivity index is 1.61. The highest BCUT2D eigenvalue weighted by atomic mass is 16.7. The molecule has 4 rings (SSSR count). The molecule has 3 aromatic rings. The monoisotopic (exact) mass is 353 g/mol. The van der Waals surface area contributed by atoms with Gasteiger partial charge in [-0.2, -0.15) is 5.10 Å². The lowest BCUT2D eigenvalue weighted by Gasteiger charge is -2.09. The third-order valence-electron chi connectivity index (χ3n) is 4.06. The summed E-state index contributed by atoms with van der Waals surface area (Å²) in [5.41, 5.74) is 1.36. The van der Waals surface area contributed by atoms with Gasteiger partial charge in [-0.25, -0.2) is 0 Å². The van der Waals surface area contributed by atoms with Crippen LogP contribution in [0.2, 0.25) is 0 Å². The molecule has 0 spiro atoms. The second-order valence-electron chi connectivity index (χ2n) is 6.34. The number of nitrogens with zero attached hydrogens (tertiary/aromatic N) is 2. The minimum absolute atomic E-state index is 0.0888. The first-order valence-corrected chi connectivity index (χ1v) is 8.35. The van der Waals surface area contributed by atoms with E-state index < -0.39 is 0 Å². The Hall–Kier alpha value is -3.22. The summed E-state index contributed by atoms with van der Waals surface area (Å²) in [4.78, 5) is 12.6. The van der Waals surface area contributed by atoms with E-state index in [1.54, 1.807) is 22.9 Å². The first-order chi connectivity index (χ1) is 12.5. The fraction of sp³-hybridized carbons (Fsp3) is 0.263. The lowest BCUT2D eigenvalue weighted by atomic mass is 10.2. The third-order valence-corrected chi connectivity index (χ3v) is 4.06. The van der Waals surface area contributed by atoms with Gasteiger partial charge in [0.1, 0.15) is 5.75 Å². The molecule has 0 bridgehead atoms. The van der Waals surface area contributed by atoms with Crippen molar-refractivity contribution in [3.8, 4) is 17.2 Å². The second-order valence-corrected chi connectivity index (χ2v) is 6.34. The van der Waals surface area contributed by atoms with Gasteiger partial charge in [0.25, 0.3) is 5.91 Å². The van der Waals surface area contributed by atoms with E-state index in [9.17, 15) is 4.79 Å². The van der Waals surface area contributed by atoms with Gasteiger partial charge >= 0.3 is 0 Å². The zero-order chi connectivity index (χ0) is 18.3. The van der Waals surface area contributed by atoms with Gasteiger partial charge in [0.2, 0.25) is 6.79 Å². The third kappa shape index (κ3) is 2.92. The molecule has 7 nitrogen and oxygen atoms in total. The van der Waals surface area contributed by atoms with Crippen LogP contribution >= 0.6 is 0 Å². The predicted molar refractivity (Wildman–Crippen MR) is 97.0 cm³/mol. The molecule has 0 radical (unpaired) electrons. The number of hydrogen-bond donors (Lipinski definition) is 1. The Bertz CT molecular complexity index is 994. The van der Waals surface area contributed by atoms with Crippen LogP contribution in [0.5, 0.6) is 17.2 Å². The van der Waals surface area contributed by atoms with E-state index in [0.29, 0.717) is 22.9 Å². The first-order valence-electron chi connectivity index (χ1n) is 8.35. The van der Waals surface area contributed by atoms with Crippen LogP contribution in [0.15, 0.2) is 36.4 Å². The zero-order valence-electron chi connectivity index (χ0n) is 14.8. The van der Waals surface area contributed by atoms with Gasteiger partial charge in [-0.15, -0.1) is 0 Å². The molecule has 1 aliphatic heterocycles. The van der Waals surface area contributed by atoms with Gasteiger partial charge in [0.05, 0.1) is 11.6 Å². The van der Waals surface area contributed by atoms with Crippen LogP contribution in [0.1, 0.15) is 24.2 Å². The molecule has 1 aromatic heterocycles. The number of amides is 1. The summed E-state index contributed by atoms with van der Waals surface area (Å²) in [6.07, 6.45) is 0.0888. The smallest absolute Gasteiger partial charge is 0.257 e. The molecule has 1 N–H and O–H groups in total. The van der Waals surface area contributed by atoms with E-state index in [-0.39, 0.29) is 18.8 Å². The van der Waals surface area contributed by atoms with Crippen LogP contribution in [0, 0.1) is 0 Å². The van der Waals surface area contributed by atoms with Gasteiger partial charge in [-0.3, -0.25) is 9.48 Å². The SMILES string of the molecule is CC(C)Oc1ccc2c(NC(=O)c3ccc4c(c3)OCO4)nn(C)c2c1. The largest absolute Gasteiger partial charge is 0.491 e. The highest BCUT2D eigenvalue weighted by molar-refractivity contribution is 6.08. The van der Waals surface area contributed by atoms with Crippen molar-refractivity contribution in [2.24, 2.45) is 7.05 Å². The number of ether oxygens (including phenoxy) is 3. The van der Waals surface area contributed by atoms with Crippen molar-refractivity contribution in [2.45, 2.75) is 20.0 Å². The Morgan fingerprint density at radius 3 is 2.81 bits per heavy atom. The molecule has 26 heavy (non-hydrogen) atoms. The van der Waals surface area contributed by atoms with Crippen molar-refractivity contribution in [2.75, 3.05) is 12.1 Å². The molecule has 2 aromatic carbocycles. The molecule has 1 amide bonds. The Morgan fingerprint density at radius 1 is 1.19 bits per heavy atom. The number of benzene rings is 2. The number of aromatic nitrogens is 2. The molecule has 0 aliphatic carbocycles. The molecule has 2 heterocycles. The van der Waals surface area contributed by atoms with E-state index in [1.165, 1.54) is 0 Å². The summed E-state index contributed by atoms with van der Waals surface area (Å²) in [6, 6.07) is 10.8. The number of anilines is 1. The zero-order valence-corrected chi connectivity index (χ0v) is 14.8. The fourth-order valence-electron chi connectivity index (χ4n) is 2.89. The summed E-state index contributed by atoms with van der Waals surface area (Å²) >= 11 is 0. The van der Waals surface area contributed by atoms with Crippen molar-refractivity contribution < 1.29 is 19.0 Å². The van der Waals surface area contributed by atoms with Crippen molar-refractivity contribution in [1.82, 2.24) is 9.78 Å². The number of aryl methyl sites for hydroxylation is 1. The standard InChI is InChI=1S/C19H19N3O4/c1-11(2)26-13-5-6-14-15(9-13)22(3)21-18(14)20-19(23)12-4-7-16-17(8-12)25-10-24-16/h4-9,11H,10H2,1-3H3,(H,20,21,23). The molecule has 0 unspecified atom stereocenters. The van der Waals surface area contributed by atoms with E-state index in [1.807, 2.05) is 39.1 Å². The van der Waals surface area contributed by atoms with Crippen LogP contribution in [-0.2, 0) is 7.05 Å². The first kappa shape index (κ1) is 16.3. The molecule has 1 aliphatic rings. The summed E-state index contributed by atoms with van der Waals surface area (Å²) in [7, 11) is 1.83. The molecular weight excluding hydrogens is 334 g/mol. The number of fused-ring (bicyclic) bond motifs is 2. The van der Waals surface area contributed by atoms with Gasteiger partial charge in [-0.05, 0) is 44.2 Å². The number of carbonyl (C=O) groups is 1. The number of rotatable bonds is 4. The van der Waals surface area contributed by atoms with Crippen LogP contribution < -0.4 is 19.5 Å². The molecular formula is C19H19N3O4. The van der Waals surface area contributed by atoms with E-state index >= 15 is 0 Å². The Kier molecular flexibility index (Phi) is 3.91. The van der Waals surface area contributed by atoms with Gasteiger partial charge in [0.15, 0.2) is 17.3 Å². The maximum Gasteiger partial charge on any atom is 0.257 e. The maximum absolute atomic E-state index is 12.6. The lowest BCUT2D eigenvalue weighted by molar-refractivity contribution is 0.102. The Labute approximate surface area is 150 Å². The molecule has 0 saturated carbocycles. The van der Waals surface area contributed by atoms with Gasteiger partial charge < -0.3 is 19.5 Å². The van der Waals surface area contributed by atoms with Crippen LogP contribution in [0.3, 0.4) is 0 Å². The quantitative estimate of drug-likeness (QED) is 0.779. The van der Waals surface area contributed by atoms with E-state index in [2.05, 4.69) is 10.4 Å². The fourth-order valence-corrected chi connectivity index (χ4v) is 2.89. The van der Waals surface area contributed by atoms with E-state index in [0.717, 1.165) is 16.7 Å². The van der Waals surface area contributed by atoms with Crippen LogP contribution in [-0.4, -0.2) is 28.6 Å². The average Bonchev–Trinajstić information content (AvgIpc) is 3.18. The normalized spacial score (nSPS) is 12.6. The van der Waals surface area contributed by atoms with E-state index in [4.69, 9.17) is 14.2 Å². The maximum atomic E-state index is 12.6. The van der Waals surface area contributed by atoms with Gasteiger partial charge in [0, 0.05) is 24.1 Å². The average molecular weight is 353 g/mol.